The first-order valence-corrected chi connectivity index (χ1v) is 16.2. The average Bonchev–Trinajstić information content (AvgIpc) is 3.10. The Bertz CT molecular complexity index is 1960. The van der Waals surface area contributed by atoms with Crippen LogP contribution in [0.2, 0.25) is 5.02 Å². The largest absolute Gasteiger partial charge is 0.493 e. The van der Waals surface area contributed by atoms with Crippen molar-refractivity contribution >= 4 is 46.5 Å². The second-order valence-electron chi connectivity index (χ2n) is 11.0. The maximum atomic E-state index is 12.7. The second-order valence-corrected chi connectivity index (χ2v) is 11.4. The van der Waals surface area contributed by atoms with Gasteiger partial charge in [0.05, 0.1) is 43.2 Å². The molecule has 0 saturated heterocycles. The monoisotopic (exact) mass is 700 g/mol. The van der Waals surface area contributed by atoms with Crippen molar-refractivity contribution in [1.29, 1.82) is 0 Å². The van der Waals surface area contributed by atoms with Crippen LogP contribution < -0.4 is 35.0 Å². The number of allylic oxidation sites excluding steroid dienone is 1. The van der Waals surface area contributed by atoms with Crippen LogP contribution in [0, 0.1) is 0 Å². The fourth-order valence-corrected chi connectivity index (χ4v) is 5.67. The topological polar surface area (TPSA) is 146 Å². The molecule has 5 rings (SSSR count). The molecule has 4 aromatic rings. The number of urea groups is 1. The fourth-order valence-electron chi connectivity index (χ4n) is 5.39. The van der Waals surface area contributed by atoms with E-state index in [4.69, 9.17) is 35.3 Å². The minimum Gasteiger partial charge on any atom is -0.493 e. The van der Waals surface area contributed by atoms with Gasteiger partial charge in [-0.1, -0.05) is 60.1 Å². The fraction of sp³-hybridized carbons (Fsp3) is 0.243. The average molecular weight is 701 g/mol. The van der Waals surface area contributed by atoms with Crippen molar-refractivity contribution in [1.82, 2.24) is 16.1 Å². The van der Waals surface area contributed by atoms with Gasteiger partial charge in [-0.15, -0.1) is 0 Å². The molecule has 3 amide bonds. The Kier molecular flexibility index (Phi) is 11.8. The Hall–Kier alpha value is -5.75. The number of benzene rings is 4. The van der Waals surface area contributed by atoms with Crippen LogP contribution in [0.5, 0.6) is 23.0 Å². The van der Waals surface area contributed by atoms with Crippen LogP contribution >= 0.6 is 11.6 Å². The van der Waals surface area contributed by atoms with E-state index in [9.17, 15) is 14.4 Å². The van der Waals surface area contributed by atoms with Gasteiger partial charge in [0.2, 0.25) is 0 Å². The molecule has 0 aliphatic carbocycles. The lowest BCUT2D eigenvalue weighted by Gasteiger charge is -2.28. The summed E-state index contributed by atoms with van der Waals surface area (Å²) in [6.07, 6.45) is 1.43. The summed E-state index contributed by atoms with van der Waals surface area (Å²) in [6, 6.07) is 21.1. The molecule has 1 atom stereocenters. The number of esters is 1. The van der Waals surface area contributed by atoms with Crippen molar-refractivity contribution < 1.29 is 38.1 Å². The number of nitrogens with one attached hydrogen (secondary N) is 3. The van der Waals surface area contributed by atoms with E-state index >= 15 is 0 Å². The molecule has 0 aromatic heterocycles. The van der Waals surface area contributed by atoms with E-state index in [0.29, 0.717) is 40.0 Å². The number of hydrazone groups is 1. The van der Waals surface area contributed by atoms with Gasteiger partial charge in [-0.2, -0.15) is 5.10 Å². The van der Waals surface area contributed by atoms with Crippen LogP contribution in [-0.4, -0.2) is 51.1 Å². The zero-order chi connectivity index (χ0) is 35.6. The summed E-state index contributed by atoms with van der Waals surface area (Å²) in [5, 5.41) is 11.9. The molecule has 1 aliphatic rings. The third-order valence-corrected chi connectivity index (χ3v) is 7.91. The van der Waals surface area contributed by atoms with E-state index in [1.54, 1.807) is 44.2 Å². The first kappa shape index (κ1) is 35.6. The highest BCUT2D eigenvalue weighted by Gasteiger charge is 2.32. The highest BCUT2D eigenvalue weighted by atomic mass is 35.5. The van der Waals surface area contributed by atoms with Crippen LogP contribution in [-0.2, 0) is 20.9 Å². The van der Waals surface area contributed by atoms with E-state index in [2.05, 4.69) is 21.2 Å². The molecular weight excluding hydrogens is 664 g/mol. The van der Waals surface area contributed by atoms with Crippen molar-refractivity contribution in [2.45, 2.75) is 33.4 Å². The third kappa shape index (κ3) is 8.45. The second kappa shape index (κ2) is 16.6. The molecule has 3 N–H and O–H groups in total. The number of fused-ring (bicyclic) bond motifs is 1. The molecule has 0 radical (unpaired) electrons. The van der Waals surface area contributed by atoms with Gasteiger partial charge in [-0.25, -0.2) is 15.0 Å². The minimum absolute atomic E-state index is 0.176. The van der Waals surface area contributed by atoms with Crippen molar-refractivity contribution in [2.24, 2.45) is 5.10 Å². The van der Waals surface area contributed by atoms with E-state index in [0.717, 1.165) is 16.3 Å². The molecule has 12 nitrogen and oxygen atoms in total. The van der Waals surface area contributed by atoms with Crippen LogP contribution in [0.25, 0.3) is 10.8 Å². The number of methoxy groups -OCH3 is 1. The van der Waals surface area contributed by atoms with Crippen LogP contribution in [0.1, 0.15) is 43.5 Å². The first-order chi connectivity index (χ1) is 24.2. The Morgan fingerprint density at radius 1 is 0.940 bits per heavy atom. The van der Waals surface area contributed by atoms with Crippen LogP contribution in [0.4, 0.5) is 4.79 Å². The molecule has 13 heteroatoms. The number of amides is 3. The number of halogens is 1. The summed E-state index contributed by atoms with van der Waals surface area (Å²) < 4.78 is 28.3. The van der Waals surface area contributed by atoms with Crippen molar-refractivity contribution in [3.63, 3.8) is 0 Å². The lowest BCUT2D eigenvalue weighted by Crippen LogP contribution is -2.45. The van der Waals surface area contributed by atoms with Gasteiger partial charge >= 0.3 is 12.0 Å². The Labute approximate surface area is 294 Å². The number of hydrogen-bond acceptors (Lipinski definition) is 9. The highest BCUT2D eigenvalue weighted by molar-refractivity contribution is 6.32. The minimum atomic E-state index is -0.787. The number of carbonyl (C=O) groups excluding carboxylic acids is 3. The van der Waals surface area contributed by atoms with Gasteiger partial charge in [0.25, 0.3) is 5.91 Å². The summed E-state index contributed by atoms with van der Waals surface area (Å²) >= 11 is 6.62. The number of carbonyl (C=O) groups is 3. The zero-order valence-electron chi connectivity index (χ0n) is 28.0. The first-order valence-electron chi connectivity index (χ1n) is 15.9. The quantitative estimate of drug-likeness (QED) is 0.0801. The molecule has 0 unspecified atom stereocenters. The number of hydrogen-bond donors (Lipinski definition) is 3. The summed E-state index contributed by atoms with van der Waals surface area (Å²) in [5.41, 5.74) is 5.21. The van der Waals surface area contributed by atoms with E-state index in [-0.39, 0.29) is 36.9 Å². The van der Waals surface area contributed by atoms with Crippen molar-refractivity contribution in [2.75, 3.05) is 26.9 Å². The molecule has 1 heterocycles. The van der Waals surface area contributed by atoms with Crippen molar-refractivity contribution in [3.8, 4) is 23.0 Å². The van der Waals surface area contributed by atoms with E-state index in [1.807, 2.05) is 49.4 Å². The van der Waals surface area contributed by atoms with Gasteiger partial charge in [0, 0.05) is 5.70 Å². The molecule has 0 saturated carbocycles. The number of nitrogens with zero attached hydrogens (tertiary/aromatic N) is 1. The smallest absolute Gasteiger partial charge is 0.338 e. The summed E-state index contributed by atoms with van der Waals surface area (Å²) in [5.74, 6) is 0.302. The van der Waals surface area contributed by atoms with Gasteiger partial charge < -0.3 is 34.3 Å². The molecule has 260 valence electrons. The summed E-state index contributed by atoms with van der Waals surface area (Å²) in [4.78, 5) is 37.5. The summed E-state index contributed by atoms with van der Waals surface area (Å²) in [6.45, 7) is 5.65. The maximum absolute atomic E-state index is 12.7. The van der Waals surface area contributed by atoms with Crippen molar-refractivity contribution in [3.05, 3.63) is 106 Å². The Morgan fingerprint density at radius 3 is 2.52 bits per heavy atom. The molecule has 1 aliphatic heterocycles. The predicted octanol–water partition coefficient (Wildman–Crippen LogP) is 6.20. The summed E-state index contributed by atoms with van der Waals surface area (Å²) in [7, 11) is 1.44. The Balaban J connectivity index is 1.21. The van der Waals surface area contributed by atoms with Gasteiger partial charge in [-0.3, -0.25) is 4.79 Å². The predicted molar refractivity (Wildman–Crippen MR) is 189 cm³/mol. The molecular formula is C37H37ClN4O8. The molecule has 0 fully saturated rings. The van der Waals surface area contributed by atoms with Gasteiger partial charge in [-0.05, 0) is 72.5 Å². The molecule has 4 aromatic carbocycles. The molecule has 0 bridgehead atoms. The number of ether oxygens (including phenoxy) is 5. The van der Waals surface area contributed by atoms with Crippen LogP contribution in [0.3, 0.4) is 0 Å². The Morgan fingerprint density at radius 2 is 1.74 bits per heavy atom. The normalized spacial score (nSPS) is 14.2. The number of rotatable bonds is 14. The molecule has 0 spiro atoms. The maximum Gasteiger partial charge on any atom is 0.338 e. The zero-order valence-corrected chi connectivity index (χ0v) is 28.8. The highest BCUT2D eigenvalue weighted by Crippen LogP contribution is 2.38. The van der Waals surface area contributed by atoms with Gasteiger partial charge in [0.15, 0.2) is 29.6 Å². The standard InChI is InChI=1S/C37H37ClN4O8/c1-5-47-31-17-23(16-28(38)35(31)50-20-26-12-9-11-24-10-7-8-13-27(24)26)19-39-42-32(43)21-49-29-15-14-25(18-30(29)46-4)34-33(36(44)48-6-2)22(3)40-37(45)41-34/h7-19,34H,5-6,20-21H2,1-4H3,(H,42,43)(H2,40,41,45)/b39-19-/t34-/m0/s1. The lowest BCUT2D eigenvalue weighted by atomic mass is 9.95. The SMILES string of the molecule is CCOC(=O)C1=C(C)NC(=O)N[C@H]1c1ccc(OCC(=O)N/N=C\c2cc(Cl)c(OCc3cccc4ccccc34)c(OCC)c2)c(OC)c1. The van der Waals surface area contributed by atoms with Gasteiger partial charge in [0.1, 0.15) is 6.61 Å². The molecule has 50 heavy (non-hydrogen) atoms. The lowest BCUT2D eigenvalue weighted by molar-refractivity contribution is -0.139. The van der Waals surface area contributed by atoms with E-state index in [1.165, 1.54) is 13.3 Å². The van der Waals surface area contributed by atoms with E-state index < -0.39 is 23.9 Å². The third-order valence-electron chi connectivity index (χ3n) is 7.63. The van der Waals surface area contributed by atoms with Crippen LogP contribution in [0.15, 0.2) is 89.2 Å².